The van der Waals surface area contributed by atoms with Crippen LogP contribution >= 0.6 is 11.5 Å². The van der Waals surface area contributed by atoms with Crippen LogP contribution in [0.15, 0.2) is 59.4 Å². The fraction of sp³-hybridized carbons (Fsp3) is 0.222. The van der Waals surface area contributed by atoms with Crippen LogP contribution in [0.2, 0.25) is 0 Å². The second-order valence-electron chi connectivity index (χ2n) is 5.42. The Hall–Kier alpha value is -2.40. The molecule has 4 nitrogen and oxygen atoms in total. The maximum Gasteiger partial charge on any atom is 0.269 e. The van der Waals surface area contributed by atoms with Crippen molar-refractivity contribution in [2.45, 2.75) is 19.4 Å². The van der Waals surface area contributed by atoms with Gasteiger partial charge in [0.2, 0.25) is 5.91 Å². The number of hydrogen-bond donors (Lipinski definition) is 1. The van der Waals surface area contributed by atoms with Gasteiger partial charge in [0.15, 0.2) is 0 Å². The molecule has 0 radical (unpaired) electrons. The van der Waals surface area contributed by atoms with Gasteiger partial charge in [-0.2, -0.15) is 0 Å². The van der Waals surface area contributed by atoms with Crippen LogP contribution in [0.5, 0.6) is 0 Å². The molecule has 2 aromatic carbocycles. The lowest BCUT2D eigenvalue weighted by molar-refractivity contribution is -0.123. The smallest absolute Gasteiger partial charge is 0.269 e. The molecule has 1 heterocycles. The first-order chi connectivity index (χ1) is 11.2. The van der Waals surface area contributed by atoms with Crippen molar-refractivity contribution in [1.29, 1.82) is 0 Å². The first kappa shape index (κ1) is 15.5. The Bertz CT molecular complexity index is 867. The van der Waals surface area contributed by atoms with Crippen LogP contribution in [0.4, 0.5) is 0 Å². The van der Waals surface area contributed by atoms with Crippen LogP contribution < -0.4 is 10.9 Å². The van der Waals surface area contributed by atoms with Crippen molar-refractivity contribution >= 4 is 27.5 Å². The van der Waals surface area contributed by atoms with E-state index >= 15 is 0 Å². The van der Waals surface area contributed by atoms with E-state index in [4.69, 9.17) is 0 Å². The lowest BCUT2D eigenvalue weighted by atomic mass is 10.1. The predicted octanol–water partition coefficient (Wildman–Crippen LogP) is 2.98. The van der Waals surface area contributed by atoms with Crippen LogP contribution in [-0.4, -0.2) is 16.4 Å². The molecular weight excluding hydrogens is 308 g/mol. The molecule has 0 saturated carbocycles. The van der Waals surface area contributed by atoms with Crippen LogP contribution in [-0.2, 0) is 11.2 Å². The molecule has 0 bridgehead atoms. The fourth-order valence-corrected chi connectivity index (χ4v) is 3.51. The Labute approximate surface area is 138 Å². The van der Waals surface area contributed by atoms with Crippen LogP contribution in [0.1, 0.15) is 18.5 Å². The molecule has 0 fully saturated rings. The highest BCUT2D eigenvalue weighted by molar-refractivity contribution is 7.14. The van der Waals surface area contributed by atoms with Crippen molar-refractivity contribution < 1.29 is 4.79 Å². The van der Waals surface area contributed by atoms with Gasteiger partial charge in [-0.3, -0.25) is 13.5 Å². The molecule has 23 heavy (non-hydrogen) atoms. The Kier molecular flexibility index (Phi) is 4.57. The fourth-order valence-electron chi connectivity index (χ4n) is 2.47. The standard InChI is InChI=1S/C18H18N2O2S/c1-13(17(21)19-12-11-14-7-3-2-4-8-14)20-18(22)15-9-5-6-10-16(15)23-20/h2-10,13H,11-12H2,1H3,(H,19,21). The minimum atomic E-state index is -0.504. The zero-order valence-corrected chi connectivity index (χ0v) is 13.7. The zero-order chi connectivity index (χ0) is 16.2. The van der Waals surface area contributed by atoms with E-state index in [9.17, 15) is 9.59 Å². The number of hydrogen-bond acceptors (Lipinski definition) is 3. The first-order valence-electron chi connectivity index (χ1n) is 7.59. The average Bonchev–Trinajstić information content (AvgIpc) is 2.92. The number of aromatic nitrogens is 1. The highest BCUT2D eigenvalue weighted by Crippen LogP contribution is 2.19. The topological polar surface area (TPSA) is 51.1 Å². The minimum Gasteiger partial charge on any atom is -0.354 e. The summed E-state index contributed by atoms with van der Waals surface area (Å²) in [6, 6.07) is 16.9. The number of carbonyl (C=O) groups is 1. The molecule has 0 aliphatic heterocycles. The summed E-state index contributed by atoms with van der Waals surface area (Å²) < 4.78 is 2.45. The molecule has 118 valence electrons. The number of nitrogens with zero attached hydrogens (tertiary/aromatic N) is 1. The van der Waals surface area contributed by atoms with Gasteiger partial charge in [0.1, 0.15) is 6.04 Å². The molecule has 1 atom stereocenters. The second kappa shape index (κ2) is 6.79. The molecule has 1 aromatic heterocycles. The highest BCUT2D eigenvalue weighted by Gasteiger charge is 2.19. The average molecular weight is 326 g/mol. The van der Waals surface area contributed by atoms with Gasteiger partial charge in [-0.05, 0) is 31.0 Å². The van der Waals surface area contributed by atoms with Crippen molar-refractivity contribution in [3.05, 3.63) is 70.5 Å². The molecular formula is C18H18N2O2S. The lowest BCUT2D eigenvalue weighted by Crippen LogP contribution is -2.34. The normalized spacial score (nSPS) is 12.2. The van der Waals surface area contributed by atoms with Gasteiger partial charge in [0.05, 0.1) is 10.1 Å². The maximum absolute atomic E-state index is 12.4. The van der Waals surface area contributed by atoms with Crippen LogP contribution in [0, 0.1) is 0 Å². The van der Waals surface area contributed by atoms with E-state index in [0.29, 0.717) is 11.9 Å². The van der Waals surface area contributed by atoms with E-state index in [0.717, 1.165) is 11.1 Å². The van der Waals surface area contributed by atoms with Gasteiger partial charge in [0, 0.05) is 6.54 Å². The Morgan fingerprint density at radius 2 is 1.83 bits per heavy atom. The summed E-state index contributed by atoms with van der Waals surface area (Å²) in [6.45, 7) is 2.32. The molecule has 0 spiro atoms. The molecule has 1 N–H and O–H groups in total. The molecule has 1 amide bonds. The molecule has 0 aliphatic carbocycles. The number of carbonyl (C=O) groups excluding carboxylic acids is 1. The Morgan fingerprint density at radius 3 is 2.57 bits per heavy atom. The van der Waals surface area contributed by atoms with E-state index in [-0.39, 0.29) is 11.5 Å². The third kappa shape index (κ3) is 3.35. The molecule has 0 aliphatic rings. The third-order valence-electron chi connectivity index (χ3n) is 3.80. The van der Waals surface area contributed by atoms with E-state index in [1.165, 1.54) is 17.1 Å². The minimum absolute atomic E-state index is 0.101. The lowest BCUT2D eigenvalue weighted by Gasteiger charge is -2.12. The largest absolute Gasteiger partial charge is 0.354 e. The van der Waals surface area contributed by atoms with Crippen LogP contribution in [0.25, 0.3) is 10.1 Å². The summed E-state index contributed by atoms with van der Waals surface area (Å²) in [5.41, 5.74) is 1.08. The molecule has 3 rings (SSSR count). The first-order valence-corrected chi connectivity index (χ1v) is 8.36. The van der Waals surface area contributed by atoms with Crippen molar-refractivity contribution in [3.8, 4) is 0 Å². The third-order valence-corrected chi connectivity index (χ3v) is 5.03. The Morgan fingerprint density at radius 1 is 1.13 bits per heavy atom. The van der Waals surface area contributed by atoms with E-state index in [1.807, 2.05) is 48.5 Å². The summed E-state index contributed by atoms with van der Waals surface area (Å²) in [7, 11) is 0. The second-order valence-corrected chi connectivity index (χ2v) is 6.44. The summed E-state index contributed by atoms with van der Waals surface area (Å²) in [6.07, 6.45) is 0.778. The van der Waals surface area contributed by atoms with Crippen molar-refractivity contribution in [2.75, 3.05) is 6.54 Å². The SMILES string of the molecule is CC(C(=O)NCCc1ccccc1)n1sc2ccccc2c1=O. The summed E-state index contributed by atoms with van der Waals surface area (Å²) in [5.74, 6) is -0.130. The van der Waals surface area contributed by atoms with Gasteiger partial charge in [-0.25, -0.2) is 0 Å². The number of fused-ring (bicyclic) bond motifs is 1. The molecule has 5 heteroatoms. The van der Waals surface area contributed by atoms with Gasteiger partial charge in [0.25, 0.3) is 5.56 Å². The highest BCUT2D eigenvalue weighted by atomic mass is 32.1. The molecule has 3 aromatic rings. The van der Waals surface area contributed by atoms with Gasteiger partial charge < -0.3 is 5.32 Å². The van der Waals surface area contributed by atoms with Crippen LogP contribution in [0.3, 0.4) is 0 Å². The van der Waals surface area contributed by atoms with E-state index < -0.39 is 6.04 Å². The number of rotatable bonds is 5. The predicted molar refractivity (Wildman–Crippen MR) is 94.0 cm³/mol. The van der Waals surface area contributed by atoms with Gasteiger partial charge in [-0.15, -0.1) is 0 Å². The van der Waals surface area contributed by atoms with Crippen molar-refractivity contribution in [2.24, 2.45) is 0 Å². The van der Waals surface area contributed by atoms with Gasteiger partial charge in [-0.1, -0.05) is 54.0 Å². The van der Waals surface area contributed by atoms with Crippen molar-refractivity contribution in [1.82, 2.24) is 9.27 Å². The summed E-state index contributed by atoms with van der Waals surface area (Å²) in [5, 5.41) is 3.58. The quantitative estimate of drug-likeness (QED) is 0.783. The zero-order valence-electron chi connectivity index (χ0n) is 12.9. The number of benzene rings is 2. The number of nitrogens with one attached hydrogen (secondary N) is 1. The molecule has 0 saturated heterocycles. The van der Waals surface area contributed by atoms with Crippen molar-refractivity contribution in [3.63, 3.8) is 0 Å². The molecule has 1 unspecified atom stereocenters. The summed E-state index contributed by atoms with van der Waals surface area (Å²) >= 11 is 1.33. The summed E-state index contributed by atoms with van der Waals surface area (Å²) in [4.78, 5) is 24.7. The van der Waals surface area contributed by atoms with Gasteiger partial charge >= 0.3 is 0 Å². The van der Waals surface area contributed by atoms with E-state index in [1.54, 1.807) is 16.9 Å². The maximum atomic E-state index is 12.4. The monoisotopic (exact) mass is 326 g/mol. The van der Waals surface area contributed by atoms with E-state index in [2.05, 4.69) is 5.32 Å². The number of amides is 1. The Balaban J connectivity index is 1.67.